The van der Waals surface area contributed by atoms with E-state index in [1.807, 2.05) is 0 Å². The van der Waals surface area contributed by atoms with E-state index in [2.05, 4.69) is 25.8 Å². The third-order valence-corrected chi connectivity index (χ3v) is 7.64. The molecule has 0 aromatic heterocycles. The number of benzene rings is 1. The number of halogens is 1. The Bertz CT molecular complexity index is 978. The van der Waals surface area contributed by atoms with E-state index in [-0.39, 0.29) is 24.0 Å². The van der Waals surface area contributed by atoms with Crippen LogP contribution in [0.5, 0.6) is 0 Å². The molecule has 3 amide bonds. The highest BCUT2D eigenvalue weighted by molar-refractivity contribution is 6.39. The van der Waals surface area contributed by atoms with Crippen LogP contribution in [0, 0.1) is 0 Å². The Balaban J connectivity index is 1.48. The van der Waals surface area contributed by atoms with Crippen LogP contribution in [0.2, 0.25) is 5.02 Å². The predicted octanol–water partition coefficient (Wildman–Crippen LogP) is 1.09. The number of aliphatic imine (C=N–C) groups is 1. The molecule has 1 aromatic rings. The van der Waals surface area contributed by atoms with Gasteiger partial charge in [-0.3, -0.25) is 24.3 Å². The van der Waals surface area contributed by atoms with Crippen molar-refractivity contribution in [3.8, 4) is 0 Å². The largest absolute Gasteiger partial charge is 0.383 e. The number of hydrogen-bond acceptors (Lipinski definition) is 6. The first-order valence-electron chi connectivity index (χ1n) is 13.3. The topological polar surface area (TPSA) is 175 Å². The van der Waals surface area contributed by atoms with Gasteiger partial charge in [-0.1, -0.05) is 30.9 Å². The number of amides is 3. The van der Waals surface area contributed by atoms with Crippen molar-refractivity contribution in [2.75, 3.05) is 31.5 Å². The van der Waals surface area contributed by atoms with E-state index in [1.54, 1.807) is 24.3 Å². The number of nitrogens with two attached hydrogens (primary N) is 2. The molecule has 1 aliphatic heterocycles. The van der Waals surface area contributed by atoms with Gasteiger partial charge in [0.25, 0.3) is 0 Å². The minimum absolute atomic E-state index is 0.00914. The second kappa shape index (κ2) is 14.3. The molecular weight excluding hydrogens is 510 g/mol. The van der Waals surface area contributed by atoms with E-state index in [9.17, 15) is 19.5 Å². The zero-order valence-corrected chi connectivity index (χ0v) is 22.5. The molecule has 38 heavy (non-hydrogen) atoms. The van der Waals surface area contributed by atoms with E-state index in [0.717, 1.165) is 38.6 Å². The van der Waals surface area contributed by atoms with Crippen molar-refractivity contribution < 1.29 is 19.5 Å². The summed E-state index contributed by atoms with van der Waals surface area (Å²) in [7, 11) is 0. The first kappa shape index (κ1) is 29.7. The normalized spacial score (nSPS) is 19.8. The molecular formula is C26H40ClN7O4. The van der Waals surface area contributed by atoms with Crippen molar-refractivity contribution in [1.29, 1.82) is 0 Å². The summed E-state index contributed by atoms with van der Waals surface area (Å²) in [4.78, 5) is 43.6. The van der Waals surface area contributed by atoms with Gasteiger partial charge in [0.15, 0.2) is 5.96 Å². The molecule has 1 saturated carbocycles. The molecule has 0 bridgehead atoms. The summed E-state index contributed by atoms with van der Waals surface area (Å²) in [6.45, 7) is 2.19. The number of hydrogen-bond donors (Lipinski definition) is 6. The quantitative estimate of drug-likeness (QED) is 0.109. The number of nitrogens with zero attached hydrogens (tertiary/aromatic N) is 2. The van der Waals surface area contributed by atoms with E-state index in [1.165, 1.54) is 6.42 Å². The maximum atomic E-state index is 12.6. The Hall–Kier alpha value is -2.89. The van der Waals surface area contributed by atoms with Crippen molar-refractivity contribution in [1.82, 2.24) is 15.5 Å². The number of rotatable bonds is 10. The van der Waals surface area contributed by atoms with Crippen molar-refractivity contribution in [3.05, 3.63) is 29.3 Å². The lowest BCUT2D eigenvalue weighted by Crippen LogP contribution is -2.60. The molecule has 3 rings (SSSR count). The third kappa shape index (κ3) is 8.85. The highest BCUT2D eigenvalue weighted by Gasteiger charge is 2.43. The van der Waals surface area contributed by atoms with Crippen LogP contribution in [0.4, 0.5) is 5.69 Å². The smallest absolute Gasteiger partial charge is 0.313 e. The lowest BCUT2D eigenvalue weighted by atomic mass is 9.73. The fraction of sp³-hybridized carbons (Fsp3) is 0.615. The van der Waals surface area contributed by atoms with Gasteiger partial charge in [0.1, 0.15) is 6.10 Å². The SMILES string of the molecule is NC(N)=NCCCC(O)C(=O)NCCN1CCC(NC(=O)C(=O)Nc2ccc(Cl)cc2)CC12CCCCC2. The Morgan fingerprint density at radius 3 is 2.53 bits per heavy atom. The van der Waals surface area contributed by atoms with Gasteiger partial charge in [0.2, 0.25) is 5.91 Å². The summed E-state index contributed by atoms with van der Waals surface area (Å²) < 4.78 is 0. The lowest BCUT2D eigenvalue weighted by Gasteiger charge is -2.52. The van der Waals surface area contributed by atoms with E-state index >= 15 is 0 Å². The fourth-order valence-corrected chi connectivity index (χ4v) is 5.59. The van der Waals surface area contributed by atoms with Gasteiger partial charge < -0.3 is 32.5 Å². The van der Waals surface area contributed by atoms with Crippen LogP contribution in [0.25, 0.3) is 0 Å². The minimum atomic E-state index is -1.10. The molecule has 2 unspecified atom stereocenters. The van der Waals surface area contributed by atoms with E-state index in [0.29, 0.717) is 43.2 Å². The highest BCUT2D eigenvalue weighted by Crippen LogP contribution is 2.40. The summed E-state index contributed by atoms with van der Waals surface area (Å²) in [5, 5.41) is 19.0. The maximum absolute atomic E-state index is 12.6. The number of nitrogens with one attached hydrogen (secondary N) is 3. The number of anilines is 1. The molecule has 8 N–H and O–H groups in total. The standard InChI is InChI=1S/C26H40ClN7O4/c27-18-6-8-19(9-7-18)32-23(37)24(38)33-20-10-15-34(26(17-20)11-2-1-3-12-26)16-14-30-22(36)21(35)5-4-13-31-25(28)29/h6-9,20-21,35H,1-5,10-17H2,(H,30,36)(H,32,37)(H,33,38)(H4,28,29,31). The number of aliphatic hydroxyl groups excluding tert-OH is 1. The van der Waals surface area contributed by atoms with E-state index in [4.69, 9.17) is 23.1 Å². The van der Waals surface area contributed by atoms with Gasteiger partial charge >= 0.3 is 11.8 Å². The second-order valence-corrected chi connectivity index (χ2v) is 10.6. The first-order valence-corrected chi connectivity index (χ1v) is 13.7. The Morgan fingerprint density at radius 1 is 1.13 bits per heavy atom. The van der Waals surface area contributed by atoms with Crippen LogP contribution in [-0.4, -0.2) is 77.6 Å². The zero-order valence-electron chi connectivity index (χ0n) is 21.8. The highest BCUT2D eigenvalue weighted by atomic mass is 35.5. The van der Waals surface area contributed by atoms with Crippen molar-refractivity contribution >= 4 is 41.0 Å². The molecule has 12 heteroatoms. The molecule has 0 radical (unpaired) electrons. The molecule has 11 nitrogen and oxygen atoms in total. The molecule has 1 heterocycles. The second-order valence-electron chi connectivity index (χ2n) is 10.2. The van der Waals surface area contributed by atoms with Gasteiger partial charge in [-0.15, -0.1) is 0 Å². The van der Waals surface area contributed by atoms with Crippen LogP contribution >= 0.6 is 11.6 Å². The maximum Gasteiger partial charge on any atom is 0.313 e. The molecule has 1 aliphatic carbocycles. The van der Waals surface area contributed by atoms with Gasteiger partial charge in [0.05, 0.1) is 0 Å². The fourth-order valence-electron chi connectivity index (χ4n) is 5.47. The van der Waals surface area contributed by atoms with Crippen molar-refractivity contribution in [3.63, 3.8) is 0 Å². The number of likely N-dealkylation sites (tertiary alicyclic amines) is 1. The number of guanidine groups is 1. The van der Waals surface area contributed by atoms with Crippen molar-refractivity contribution in [2.24, 2.45) is 16.5 Å². The number of carbonyl (C=O) groups is 3. The molecule has 2 atom stereocenters. The molecule has 2 aliphatic rings. The Kier molecular flexibility index (Phi) is 11.2. The zero-order chi connectivity index (χ0) is 27.5. The van der Waals surface area contributed by atoms with E-state index < -0.39 is 23.8 Å². The summed E-state index contributed by atoms with van der Waals surface area (Å²) >= 11 is 5.88. The first-order chi connectivity index (χ1) is 18.2. The average molecular weight is 550 g/mol. The third-order valence-electron chi connectivity index (χ3n) is 7.39. The summed E-state index contributed by atoms with van der Waals surface area (Å²) in [6, 6.07) is 6.49. The molecule has 210 valence electrons. The molecule has 1 saturated heterocycles. The predicted molar refractivity (Wildman–Crippen MR) is 148 cm³/mol. The van der Waals surface area contributed by atoms with Crippen LogP contribution < -0.4 is 27.4 Å². The summed E-state index contributed by atoms with van der Waals surface area (Å²) in [5.74, 6) is -1.76. The summed E-state index contributed by atoms with van der Waals surface area (Å²) in [6.07, 6.45) is 6.57. The van der Waals surface area contributed by atoms with Gasteiger partial charge in [-0.05, 0) is 62.8 Å². The van der Waals surface area contributed by atoms with Gasteiger partial charge in [0, 0.05) is 48.5 Å². The molecule has 2 fully saturated rings. The summed E-state index contributed by atoms with van der Waals surface area (Å²) in [5.41, 5.74) is 11.0. The van der Waals surface area contributed by atoms with Crippen LogP contribution in [0.1, 0.15) is 57.8 Å². The lowest BCUT2D eigenvalue weighted by molar-refractivity contribution is -0.137. The number of carbonyl (C=O) groups excluding carboxylic acids is 3. The average Bonchev–Trinajstić information content (AvgIpc) is 2.89. The van der Waals surface area contributed by atoms with Crippen LogP contribution in [-0.2, 0) is 14.4 Å². The minimum Gasteiger partial charge on any atom is -0.383 e. The van der Waals surface area contributed by atoms with Crippen LogP contribution in [0.15, 0.2) is 29.3 Å². The monoisotopic (exact) mass is 549 g/mol. The van der Waals surface area contributed by atoms with Crippen molar-refractivity contribution in [2.45, 2.75) is 75.5 Å². The Morgan fingerprint density at radius 2 is 1.84 bits per heavy atom. The Labute approximate surface area is 228 Å². The number of aliphatic hydroxyl groups is 1. The van der Waals surface area contributed by atoms with Gasteiger partial charge in [-0.25, -0.2) is 0 Å². The van der Waals surface area contributed by atoms with Gasteiger partial charge in [-0.2, -0.15) is 0 Å². The molecule has 1 spiro atoms. The molecule has 1 aromatic carbocycles. The van der Waals surface area contributed by atoms with Crippen LogP contribution in [0.3, 0.4) is 0 Å². The number of piperidine rings is 1.